The molecule has 0 fully saturated rings. The summed E-state index contributed by atoms with van der Waals surface area (Å²) in [7, 11) is -1.96. The Bertz CT molecular complexity index is 1120. The molecule has 0 atom stereocenters. The summed E-state index contributed by atoms with van der Waals surface area (Å²) in [6.07, 6.45) is 1.48. The van der Waals surface area contributed by atoms with Gasteiger partial charge in [0.25, 0.3) is 5.91 Å². The molecule has 1 N–H and O–H groups in total. The maximum atomic E-state index is 12.9. The number of aryl methyl sites for hydroxylation is 1. The molecule has 30 heavy (non-hydrogen) atoms. The molecule has 0 aliphatic heterocycles. The van der Waals surface area contributed by atoms with Crippen molar-refractivity contribution in [1.29, 1.82) is 0 Å². The molecule has 2 aromatic carbocycles. The number of para-hydroxylation sites is 1. The van der Waals surface area contributed by atoms with E-state index in [2.05, 4.69) is 5.32 Å². The predicted octanol–water partition coefficient (Wildman–Crippen LogP) is 4.46. The fourth-order valence-corrected chi connectivity index (χ4v) is 5.53. The van der Waals surface area contributed by atoms with Crippen LogP contribution in [0.25, 0.3) is 0 Å². The summed E-state index contributed by atoms with van der Waals surface area (Å²) in [4.78, 5) is 15.0. The first kappa shape index (κ1) is 22.1. The second kappa shape index (κ2) is 9.51. The van der Waals surface area contributed by atoms with Gasteiger partial charge in [-0.3, -0.25) is 4.79 Å². The van der Waals surface area contributed by atoms with Crippen LogP contribution in [0.4, 0.5) is 5.69 Å². The summed E-state index contributed by atoms with van der Waals surface area (Å²) in [5, 5.41) is 2.92. The number of nitrogens with one attached hydrogen (secondary N) is 1. The summed E-state index contributed by atoms with van der Waals surface area (Å²) in [5.74, 6) is -0.361. The number of amides is 1. The Hall–Kier alpha value is -2.55. The lowest BCUT2D eigenvalue weighted by molar-refractivity contribution is 0.101. The third-order valence-electron chi connectivity index (χ3n) is 4.66. The van der Waals surface area contributed by atoms with Gasteiger partial charge in [0.05, 0.1) is 5.69 Å². The normalized spacial score (nSPS) is 11.6. The van der Waals surface area contributed by atoms with E-state index in [1.54, 1.807) is 37.2 Å². The van der Waals surface area contributed by atoms with E-state index in [1.807, 2.05) is 54.6 Å². The molecule has 1 aromatic heterocycles. The largest absolute Gasteiger partial charge is 0.345 e. The number of nitrogens with zero attached hydrogens (tertiary/aromatic N) is 2. The van der Waals surface area contributed by atoms with Crippen molar-refractivity contribution in [3.8, 4) is 0 Å². The minimum absolute atomic E-state index is 0.116. The van der Waals surface area contributed by atoms with Gasteiger partial charge in [-0.1, -0.05) is 55.9 Å². The molecule has 0 aliphatic rings. The first-order valence-corrected chi connectivity index (χ1v) is 11.9. The van der Waals surface area contributed by atoms with Crippen LogP contribution >= 0.6 is 11.8 Å². The molecule has 3 aromatic rings. The van der Waals surface area contributed by atoms with Crippen LogP contribution < -0.4 is 5.32 Å². The average Bonchev–Trinajstić information content (AvgIpc) is 3.14. The summed E-state index contributed by atoms with van der Waals surface area (Å²) in [6.45, 7) is 4.33. The van der Waals surface area contributed by atoms with E-state index in [-0.39, 0.29) is 16.5 Å². The Morgan fingerprint density at radius 2 is 1.67 bits per heavy atom. The van der Waals surface area contributed by atoms with E-state index in [4.69, 9.17) is 0 Å². The van der Waals surface area contributed by atoms with Crippen molar-refractivity contribution in [2.24, 2.45) is 7.05 Å². The number of hydrogen-bond acceptors (Lipinski definition) is 4. The van der Waals surface area contributed by atoms with Crippen molar-refractivity contribution in [2.45, 2.75) is 28.5 Å². The molecule has 1 heterocycles. The Kier molecular flexibility index (Phi) is 7.02. The lowest BCUT2D eigenvalue weighted by Crippen LogP contribution is -2.30. The second-order valence-corrected chi connectivity index (χ2v) is 9.68. The smallest absolute Gasteiger partial charge is 0.272 e. The summed E-state index contributed by atoms with van der Waals surface area (Å²) in [5.41, 5.74) is 0.950. The van der Waals surface area contributed by atoms with Crippen LogP contribution in [0.15, 0.2) is 81.5 Å². The van der Waals surface area contributed by atoms with E-state index in [9.17, 15) is 13.2 Å². The molecular formula is C22H25N3O3S2. The van der Waals surface area contributed by atoms with Crippen LogP contribution in [0, 0.1) is 0 Å². The van der Waals surface area contributed by atoms with Crippen molar-refractivity contribution in [3.05, 3.63) is 72.6 Å². The van der Waals surface area contributed by atoms with Gasteiger partial charge in [0.1, 0.15) is 10.6 Å². The van der Waals surface area contributed by atoms with Crippen molar-refractivity contribution in [2.75, 3.05) is 18.4 Å². The zero-order valence-electron chi connectivity index (χ0n) is 17.2. The number of anilines is 1. The second-order valence-electron chi connectivity index (χ2n) is 6.63. The van der Waals surface area contributed by atoms with Gasteiger partial charge >= 0.3 is 0 Å². The highest BCUT2D eigenvalue weighted by Gasteiger charge is 2.25. The fourth-order valence-electron chi connectivity index (χ4n) is 3.07. The van der Waals surface area contributed by atoms with E-state index >= 15 is 0 Å². The predicted molar refractivity (Wildman–Crippen MR) is 120 cm³/mol. The molecule has 0 spiro atoms. The van der Waals surface area contributed by atoms with Gasteiger partial charge in [-0.25, -0.2) is 8.42 Å². The van der Waals surface area contributed by atoms with Crippen molar-refractivity contribution >= 4 is 33.4 Å². The molecule has 0 aliphatic carbocycles. The Morgan fingerprint density at radius 3 is 2.33 bits per heavy atom. The highest BCUT2D eigenvalue weighted by Crippen LogP contribution is 2.33. The van der Waals surface area contributed by atoms with Crippen molar-refractivity contribution < 1.29 is 13.2 Å². The summed E-state index contributed by atoms with van der Waals surface area (Å²) in [6, 6.07) is 18.9. The molecule has 8 heteroatoms. The number of benzene rings is 2. The maximum absolute atomic E-state index is 12.9. The number of carbonyl (C=O) groups is 1. The minimum Gasteiger partial charge on any atom is -0.345 e. The van der Waals surface area contributed by atoms with Crippen LogP contribution in [0.5, 0.6) is 0 Å². The number of rotatable bonds is 8. The third-order valence-corrected chi connectivity index (χ3v) is 7.76. The Labute approximate surface area is 182 Å². The van der Waals surface area contributed by atoms with Gasteiger partial charge in [0, 0.05) is 36.1 Å². The van der Waals surface area contributed by atoms with Gasteiger partial charge in [-0.05, 0) is 30.3 Å². The van der Waals surface area contributed by atoms with E-state index in [0.29, 0.717) is 18.8 Å². The number of aromatic nitrogens is 1. The standard InChI is InChI=1S/C22H25N3O3S2/c1-4-25(5-2)30(27,28)18-15-20(24(3)16-18)22(26)23-19-13-9-10-14-21(19)29-17-11-7-6-8-12-17/h6-16H,4-5H2,1-3H3,(H,23,26). The Morgan fingerprint density at radius 1 is 1.03 bits per heavy atom. The average molecular weight is 444 g/mol. The first-order valence-electron chi connectivity index (χ1n) is 9.66. The van der Waals surface area contributed by atoms with Gasteiger partial charge in [-0.2, -0.15) is 4.31 Å². The zero-order valence-corrected chi connectivity index (χ0v) is 18.8. The zero-order chi connectivity index (χ0) is 21.7. The lowest BCUT2D eigenvalue weighted by Gasteiger charge is -2.17. The number of carbonyl (C=O) groups excluding carboxylic acids is 1. The molecule has 6 nitrogen and oxygen atoms in total. The molecule has 1 amide bonds. The topological polar surface area (TPSA) is 71.4 Å². The van der Waals surface area contributed by atoms with Gasteiger partial charge in [0.2, 0.25) is 10.0 Å². The molecule has 158 valence electrons. The lowest BCUT2D eigenvalue weighted by atomic mass is 10.3. The summed E-state index contributed by atoms with van der Waals surface area (Å²) < 4.78 is 28.5. The number of sulfonamides is 1. The first-order chi connectivity index (χ1) is 14.4. The molecule has 0 radical (unpaired) electrons. The van der Waals surface area contributed by atoms with Crippen LogP contribution in [0.3, 0.4) is 0 Å². The van der Waals surface area contributed by atoms with Crippen molar-refractivity contribution in [3.63, 3.8) is 0 Å². The highest BCUT2D eigenvalue weighted by molar-refractivity contribution is 7.99. The number of hydrogen-bond donors (Lipinski definition) is 1. The van der Waals surface area contributed by atoms with Gasteiger partial charge < -0.3 is 9.88 Å². The van der Waals surface area contributed by atoms with Crippen LogP contribution in [-0.2, 0) is 17.1 Å². The molecule has 0 saturated heterocycles. The van der Waals surface area contributed by atoms with Crippen LogP contribution in [0.2, 0.25) is 0 Å². The van der Waals surface area contributed by atoms with Gasteiger partial charge in [-0.15, -0.1) is 0 Å². The van der Waals surface area contributed by atoms with Crippen molar-refractivity contribution in [1.82, 2.24) is 8.87 Å². The maximum Gasteiger partial charge on any atom is 0.272 e. The van der Waals surface area contributed by atoms with E-state index < -0.39 is 10.0 Å². The van der Waals surface area contributed by atoms with Crippen LogP contribution in [-0.4, -0.2) is 36.3 Å². The fraction of sp³-hybridized carbons (Fsp3) is 0.227. The Balaban J connectivity index is 1.85. The highest BCUT2D eigenvalue weighted by atomic mass is 32.2. The molecule has 0 bridgehead atoms. The third kappa shape index (κ3) is 4.77. The SMILES string of the molecule is CCN(CC)S(=O)(=O)c1cc(C(=O)Nc2ccccc2Sc2ccccc2)n(C)c1. The molecule has 0 unspecified atom stereocenters. The molecular weight excluding hydrogens is 418 g/mol. The molecule has 0 saturated carbocycles. The minimum atomic E-state index is -3.63. The van der Waals surface area contributed by atoms with E-state index in [0.717, 1.165) is 9.79 Å². The monoisotopic (exact) mass is 443 g/mol. The molecule has 3 rings (SSSR count). The van der Waals surface area contributed by atoms with Gasteiger partial charge in [0.15, 0.2) is 0 Å². The van der Waals surface area contributed by atoms with E-state index in [1.165, 1.54) is 16.6 Å². The quantitative estimate of drug-likeness (QED) is 0.558. The van der Waals surface area contributed by atoms with Crippen LogP contribution in [0.1, 0.15) is 24.3 Å². The summed E-state index contributed by atoms with van der Waals surface area (Å²) >= 11 is 1.55.